The fourth-order valence-electron chi connectivity index (χ4n) is 2.98. The van der Waals surface area contributed by atoms with Gasteiger partial charge in [-0.3, -0.25) is 4.79 Å². The van der Waals surface area contributed by atoms with Crippen LogP contribution in [0.15, 0.2) is 54.6 Å². The van der Waals surface area contributed by atoms with Crippen LogP contribution in [0, 0.1) is 0 Å². The number of rotatable bonds is 4. The lowest BCUT2D eigenvalue weighted by molar-refractivity contribution is -0.138. The van der Waals surface area contributed by atoms with Crippen LogP contribution in [0.4, 0.5) is 0 Å². The average Bonchev–Trinajstić information content (AvgIpc) is 2.63. The molecular weight excluding hydrogens is 286 g/mol. The standard InChI is InChI=1S/C20H23NO2/c1-16(20(22)21-14-6-3-7-15-21)23-19-12-10-18(11-13-19)17-8-4-2-5-9-17/h2,4-5,8-13,16H,3,6-7,14-15H2,1H3. The summed E-state index contributed by atoms with van der Waals surface area (Å²) in [6, 6.07) is 18.2. The van der Waals surface area contributed by atoms with E-state index in [1.165, 1.54) is 12.0 Å². The SMILES string of the molecule is CC(Oc1ccc(-c2ccccc2)cc1)C(=O)N1CCCCC1. The van der Waals surface area contributed by atoms with Crippen LogP contribution in [0.5, 0.6) is 5.75 Å². The molecule has 0 aliphatic carbocycles. The normalized spacial score (nSPS) is 16.0. The molecule has 0 saturated carbocycles. The zero-order chi connectivity index (χ0) is 16.1. The maximum absolute atomic E-state index is 12.4. The molecule has 120 valence electrons. The van der Waals surface area contributed by atoms with Gasteiger partial charge >= 0.3 is 0 Å². The number of benzene rings is 2. The molecule has 2 aromatic rings. The number of nitrogens with zero attached hydrogens (tertiary/aromatic N) is 1. The van der Waals surface area contributed by atoms with E-state index in [2.05, 4.69) is 12.1 Å². The molecule has 0 radical (unpaired) electrons. The van der Waals surface area contributed by atoms with Crippen molar-refractivity contribution in [3.05, 3.63) is 54.6 Å². The first-order chi connectivity index (χ1) is 11.2. The van der Waals surface area contributed by atoms with Gasteiger partial charge in [0.05, 0.1) is 0 Å². The maximum Gasteiger partial charge on any atom is 0.263 e. The second-order valence-corrected chi connectivity index (χ2v) is 6.04. The highest BCUT2D eigenvalue weighted by molar-refractivity contribution is 5.81. The molecule has 3 rings (SSSR count). The van der Waals surface area contributed by atoms with E-state index < -0.39 is 6.10 Å². The summed E-state index contributed by atoms with van der Waals surface area (Å²) in [6.07, 6.45) is 2.99. The molecule has 1 fully saturated rings. The molecule has 0 bridgehead atoms. The summed E-state index contributed by atoms with van der Waals surface area (Å²) in [5.74, 6) is 0.833. The lowest BCUT2D eigenvalue weighted by atomic mass is 10.1. The average molecular weight is 309 g/mol. The van der Waals surface area contributed by atoms with E-state index in [4.69, 9.17) is 4.74 Å². The van der Waals surface area contributed by atoms with Gasteiger partial charge in [-0.15, -0.1) is 0 Å². The highest BCUT2D eigenvalue weighted by atomic mass is 16.5. The summed E-state index contributed by atoms with van der Waals surface area (Å²) in [5, 5.41) is 0. The van der Waals surface area contributed by atoms with E-state index in [1.54, 1.807) is 0 Å². The first kappa shape index (κ1) is 15.6. The number of hydrogen-bond donors (Lipinski definition) is 0. The van der Waals surface area contributed by atoms with Crippen LogP contribution in [0.25, 0.3) is 11.1 Å². The van der Waals surface area contributed by atoms with Crippen molar-refractivity contribution < 1.29 is 9.53 Å². The van der Waals surface area contributed by atoms with Crippen LogP contribution < -0.4 is 4.74 Å². The Kier molecular flexibility index (Phi) is 4.96. The predicted molar refractivity (Wildman–Crippen MR) is 92.4 cm³/mol. The van der Waals surface area contributed by atoms with Crippen molar-refractivity contribution in [2.75, 3.05) is 13.1 Å². The van der Waals surface area contributed by atoms with Gasteiger partial charge in [-0.25, -0.2) is 0 Å². The van der Waals surface area contributed by atoms with Crippen molar-refractivity contribution in [3.63, 3.8) is 0 Å². The number of hydrogen-bond acceptors (Lipinski definition) is 2. The molecule has 1 saturated heterocycles. The Hall–Kier alpha value is -2.29. The predicted octanol–water partition coefficient (Wildman–Crippen LogP) is 4.13. The number of likely N-dealkylation sites (tertiary alicyclic amines) is 1. The molecule has 0 aromatic heterocycles. The second-order valence-electron chi connectivity index (χ2n) is 6.04. The molecule has 3 heteroatoms. The highest BCUT2D eigenvalue weighted by Crippen LogP contribution is 2.23. The minimum absolute atomic E-state index is 0.0943. The highest BCUT2D eigenvalue weighted by Gasteiger charge is 2.23. The van der Waals surface area contributed by atoms with Gasteiger partial charge < -0.3 is 9.64 Å². The lowest BCUT2D eigenvalue weighted by Crippen LogP contribution is -2.43. The van der Waals surface area contributed by atoms with Crippen LogP contribution in [-0.4, -0.2) is 30.0 Å². The summed E-state index contributed by atoms with van der Waals surface area (Å²) in [4.78, 5) is 14.3. The number of amides is 1. The van der Waals surface area contributed by atoms with Crippen molar-refractivity contribution in [1.29, 1.82) is 0 Å². The Labute approximate surface area is 137 Å². The summed E-state index contributed by atoms with van der Waals surface area (Å²) in [7, 11) is 0. The van der Waals surface area contributed by atoms with E-state index in [1.807, 2.05) is 54.3 Å². The Morgan fingerprint density at radius 3 is 2.17 bits per heavy atom. The van der Waals surface area contributed by atoms with E-state index in [-0.39, 0.29) is 5.91 Å². The van der Waals surface area contributed by atoms with Crippen molar-refractivity contribution in [2.45, 2.75) is 32.3 Å². The van der Waals surface area contributed by atoms with Gasteiger partial charge in [0.15, 0.2) is 6.10 Å². The van der Waals surface area contributed by atoms with Gasteiger partial charge in [0.25, 0.3) is 5.91 Å². The molecular formula is C20H23NO2. The fraction of sp³-hybridized carbons (Fsp3) is 0.350. The van der Waals surface area contributed by atoms with Crippen molar-refractivity contribution in [2.24, 2.45) is 0 Å². The molecule has 0 spiro atoms. The Morgan fingerprint density at radius 1 is 0.913 bits per heavy atom. The summed E-state index contributed by atoms with van der Waals surface area (Å²) < 4.78 is 5.83. The topological polar surface area (TPSA) is 29.5 Å². The minimum Gasteiger partial charge on any atom is -0.481 e. The number of carbonyl (C=O) groups is 1. The van der Waals surface area contributed by atoms with E-state index in [9.17, 15) is 4.79 Å². The van der Waals surface area contributed by atoms with Gasteiger partial charge in [-0.2, -0.15) is 0 Å². The minimum atomic E-state index is -0.435. The van der Waals surface area contributed by atoms with Crippen LogP contribution in [0.1, 0.15) is 26.2 Å². The van der Waals surface area contributed by atoms with Gasteiger partial charge in [-0.05, 0) is 49.4 Å². The zero-order valence-corrected chi connectivity index (χ0v) is 13.6. The Morgan fingerprint density at radius 2 is 1.52 bits per heavy atom. The molecule has 1 aliphatic heterocycles. The first-order valence-electron chi connectivity index (χ1n) is 8.35. The van der Waals surface area contributed by atoms with Crippen LogP contribution in [0.3, 0.4) is 0 Å². The molecule has 1 amide bonds. The van der Waals surface area contributed by atoms with Crippen molar-refractivity contribution in [1.82, 2.24) is 4.90 Å². The molecule has 1 unspecified atom stereocenters. The van der Waals surface area contributed by atoms with E-state index in [0.29, 0.717) is 0 Å². The summed E-state index contributed by atoms with van der Waals surface area (Å²) in [6.45, 7) is 3.56. The van der Waals surface area contributed by atoms with Gasteiger partial charge in [-0.1, -0.05) is 42.5 Å². The van der Waals surface area contributed by atoms with E-state index in [0.717, 1.165) is 37.2 Å². The second kappa shape index (κ2) is 7.32. The maximum atomic E-state index is 12.4. The van der Waals surface area contributed by atoms with E-state index >= 15 is 0 Å². The monoisotopic (exact) mass is 309 g/mol. The van der Waals surface area contributed by atoms with Crippen LogP contribution in [0.2, 0.25) is 0 Å². The molecule has 0 N–H and O–H groups in total. The first-order valence-corrected chi connectivity index (χ1v) is 8.35. The smallest absolute Gasteiger partial charge is 0.263 e. The third-order valence-corrected chi connectivity index (χ3v) is 4.29. The van der Waals surface area contributed by atoms with Crippen molar-refractivity contribution in [3.8, 4) is 16.9 Å². The summed E-state index contributed by atoms with van der Waals surface area (Å²) in [5.41, 5.74) is 2.32. The summed E-state index contributed by atoms with van der Waals surface area (Å²) >= 11 is 0. The Balaban J connectivity index is 1.62. The molecule has 1 aliphatic rings. The molecule has 23 heavy (non-hydrogen) atoms. The molecule has 1 heterocycles. The Bertz CT molecular complexity index is 630. The third kappa shape index (κ3) is 3.92. The number of ether oxygens (including phenoxy) is 1. The number of carbonyl (C=O) groups excluding carboxylic acids is 1. The van der Waals surface area contributed by atoms with Gasteiger partial charge in [0.2, 0.25) is 0 Å². The lowest BCUT2D eigenvalue weighted by Gasteiger charge is -2.29. The van der Waals surface area contributed by atoms with Crippen LogP contribution in [-0.2, 0) is 4.79 Å². The zero-order valence-electron chi connectivity index (χ0n) is 13.6. The van der Waals surface area contributed by atoms with Crippen molar-refractivity contribution >= 4 is 5.91 Å². The number of piperidine rings is 1. The van der Waals surface area contributed by atoms with Crippen LogP contribution >= 0.6 is 0 Å². The molecule has 1 atom stereocenters. The van der Waals surface area contributed by atoms with Gasteiger partial charge in [0, 0.05) is 13.1 Å². The fourth-order valence-corrected chi connectivity index (χ4v) is 2.98. The largest absolute Gasteiger partial charge is 0.481 e. The molecule has 2 aromatic carbocycles. The molecule has 3 nitrogen and oxygen atoms in total. The quantitative estimate of drug-likeness (QED) is 0.849. The third-order valence-electron chi connectivity index (χ3n) is 4.29. The van der Waals surface area contributed by atoms with Gasteiger partial charge in [0.1, 0.15) is 5.75 Å².